The Labute approximate surface area is 72.5 Å². The molecule has 0 spiro atoms. The standard InChI is InChI=1S/C7H9BrN2O/c1-10-7(11)5(8)6(9-10)4-2-3-4/h4,9H,2-3H2,1H3. The fraction of sp³-hybridized carbons (Fsp3) is 0.571. The van der Waals surface area contributed by atoms with Crippen molar-refractivity contribution in [3.63, 3.8) is 0 Å². The summed E-state index contributed by atoms with van der Waals surface area (Å²) in [6.07, 6.45) is 2.41. The predicted molar refractivity (Wildman–Crippen MR) is 45.7 cm³/mol. The molecule has 1 aromatic rings. The van der Waals surface area contributed by atoms with Crippen molar-refractivity contribution < 1.29 is 0 Å². The highest BCUT2D eigenvalue weighted by Crippen LogP contribution is 2.41. The van der Waals surface area contributed by atoms with Gasteiger partial charge in [-0.05, 0) is 28.8 Å². The second-order valence-corrected chi connectivity index (χ2v) is 3.77. The Morgan fingerprint density at radius 2 is 2.27 bits per heavy atom. The lowest BCUT2D eigenvalue weighted by Gasteiger charge is -1.90. The lowest BCUT2D eigenvalue weighted by atomic mass is 10.3. The fourth-order valence-electron chi connectivity index (χ4n) is 1.19. The van der Waals surface area contributed by atoms with Gasteiger partial charge in [-0.3, -0.25) is 14.6 Å². The molecule has 1 heterocycles. The number of aromatic nitrogens is 2. The molecule has 0 aromatic carbocycles. The minimum atomic E-state index is 0.0342. The van der Waals surface area contributed by atoms with Gasteiger partial charge >= 0.3 is 0 Å². The Balaban J connectivity index is 2.55. The summed E-state index contributed by atoms with van der Waals surface area (Å²) < 4.78 is 2.22. The summed E-state index contributed by atoms with van der Waals surface area (Å²) in [6, 6.07) is 0. The molecule has 0 saturated heterocycles. The molecule has 4 heteroatoms. The van der Waals surface area contributed by atoms with Crippen molar-refractivity contribution in [2.75, 3.05) is 0 Å². The highest BCUT2D eigenvalue weighted by molar-refractivity contribution is 9.10. The normalized spacial score (nSPS) is 17.3. The van der Waals surface area contributed by atoms with Crippen LogP contribution in [0.1, 0.15) is 24.5 Å². The average molecular weight is 217 g/mol. The zero-order valence-corrected chi connectivity index (χ0v) is 7.81. The third-order valence-corrected chi connectivity index (χ3v) is 2.77. The van der Waals surface area contributed by atoms with E-state index in [0.29, 0.717) is 10.4 Å². The van der Waals surface area contributed by atoms with Crippen LogP contribution in [0.3, 0.4) is 0 Å². The molecule has 2 rings (SSSR count). The van der Waals surface area contributed by atoms with Gasteiger partial charge in [-0.2, -0.15) is 0 Å². The fourth-order valence-corrected chi connectivity index (χ4v) is 1.86. The van der Waals surface area contributed by atoms with E-state index in [2.05, 4.69) is 21.0 Å². The Hall–Kier alpha value is -0.510. The van der Waals surface area contributed by atoms with Gasteiger partial charge in [-0.25, -0.2) is 0 Å². The first-order valence-electron chi connectivity index (χ1n) is 3.64. The molecule has 0 atom stereocenters. The second kappa shape index (κ2) is 2.24. The first-order valence-corrected chi connectivity index (χ1v) is 4.44. The minimum Gasteiger partial charge on any atom is -0.299 e. The van der Waals surface area contributed by atoms with Crippen molar-refractivity contribution in [2.45, 2.75) is 18.8 Å². The average Bonchev–Trinajstić information content (AvgIpc) is 2.76. The summed E-state index contributed by atoms with van der Waals surface area (Å²) in [5, 5.41) is 3.03. The Kier molecular flexibility index (Phi) is 1.45. The van der Waals surface area contributed by atoms with Gasteiger partial charge in [0.25, 0.3) is 5.56 Å². The van der Waals surface area contributed by atoms with E-state index in [4.69, 9.17) is 0 Å². The first-order chi connectivity index (χ1) is 5.20. The summed E-state index contributed by atoms with van der Waals surface area (Å²) in [6.45, 7) is 0. The van der Waals surface area contributed by atoms with E-state index >= 15 is 0 Å². The van der Waals surface area contributed by atoms with Crippen LogP contribution in [0.5, 0.6) is 0 Å². The van der Waals surface area contributed by atoms with Gasteiger partial charge < -0.3 is 0 Å². The molecule has 1 aliphatic carbocycles. The van der Waals surface area contributed by atoms with Crippen LogP contribution >= 0.6 is 15.9 Å². The summed E-state index contributed by atoms with van der Waals surface area (Å²) >= 11 is 3.28. The number of rotatable bonds is 1. The van der Waals surface area contributed by atoms with Crippen LogP contribution in [0.4, 0.5) is 0 Å². The van der Waals surface area contributed by atoms with Gasteiger partial charge in [0.05, 0.1) is 5.69 Å². The zero-order chi connectivity index (χ0) is 8.01. The monoisotopic (exact) mass is 216 g/mol. The zero-order valence-electron chi connectivity index (χ0n) is 6.22. The van der Waals surface area contributed by atoms with Crippen LogP contribution in [0.2, 0.25) is 0 Å². The van der Waals surface area contributed by atoms with Crippen LogP contribution in [0.25, 0.3) is 0 Å². The number of aromatic amines is 1. The SMILES string of the molecule is Cn1[nH]c(C2CC2)c(Br)c1=O. The molecule has 0 amide bonds. The van der Waals surface area contributed by atoms with E-state index < -0.39 is 0 Å². The van der Waals surface area contributed by atoms with Crippen LogP contribution in [-0.2, 0) is 7.05 Å². The van der Waals surface area contributed by atoms with Gasteiger partial charge in [-0.1, -0.05) is 0 Å². The van der Waals surface area contributed by atoms with Gasteiger partial charge in [0.2, 0.25) is 0 Å². The highest BCUT2D eigenvalue weighted by atomic mass is 79.9. The van der Waals surface area contributed by atoms with E-state index in [1.807, 2.05) is 0 Å². The van der Waals surface area contributed by atoms with Gasteiger partial charge in [-0.15, -0.1) is 0 Å². The summed E-state index contributed by atoms with van der Waals surface area (Å²) in [5.74, 6) is 0.596. The topological polar surface area (TPSA) is 37.8 Å². The minimum absolute atomic E-state index is 0.0342. The van der Waals surface area contributed by atoms with E-state index in [9.17, 15) is 4.79 Å². The second-order valence-electron chi connectivity index (χ2n) is 2.98. The summed E-state index contributed by atoms with van der Waals surface area (Å²) in [7, 11) is 1.74. The van der Waals surface area contributed by atoms with Crippen molar-refractivity contribution >= 4 is 15.9 Å². The largest absolute Gasteiger partial charge is 0.299 e. The Morgan fingerprint density at radius 3 is 2.64 bits per heavy atom. The number of aryl methyl sites for hydroxylation is 1. The lowest BCUT2D eigenvalue weighted by Crippen LogP contribution is -2.11. The molecule has 1 fully saturated rings. The lowest BCUT2D eigenvalue weighted by molar-refractivity contribution is 0.721. The van der Waals surface area contributed by atoms with Crippen LogP contribution < -0.4 is 5.56 Å². The van der Waals surface area contributed by atoms with Crippen molar-refractivity contribution in [3.05, 3.63) is 20.5 Å². The number of nitrogens with one attached hydrogen (secondary N) is 1. The number of hydrogen-bond donors (Lipinski definition) is 1. The molecule has 0 bridgehead atoms. The molecule has 0 aliphatic heterocycles. The molecule has 60 valence electrons. The molecule has 1 saturated carbocycles. The van der Waals surface area contributed by atoms with Gasteiger partial charge in [0, 0.05) is 13.0 Å². The quantitative estimate of drug-likeness (QED) is 0.757. The number of hydrogen-bond acceptors (Lipinski definition) is 1. The van der Waals surface area contributed by atoms with E-state index in [-0.39, 0.29) is 5.56 Å². The van der Waals surface area contributed by atoms with Crippen LogP contribution in [0, 0.1) is 0 Å². The third-order valence-electron chi connectivity index (χ3n) is 2.00. The van der Waals surface area contributed by atoms with Crippen molar-refractivity contribution in [1.82, 2.24) is 9.78 Å². The van der Waals surface area contributed by atoms with Crippen molar-refractivity contribution in [3.8, 4) is 0 Å². The van der Waals surface area contributed by atoms with Crippen LogP contribution in [-0.4, -0.2) is 9.78 Å². The summed E-state index contributed by atoms with van der Waals surface area (Å²) in [4.78, 5) is 11.2. The Bertz CT molecular complexity index is 335. The number of halogens is 1. The molecule has 3 nitrogen and oxygen atoms in total. The first kappa shape index (κ1) is 7.16. The van der Waals surface area contributed by atoms with E-state index in [0.717, 1.165) is 5.69 Å². The molecule has 1 N–H and O–H groups in total. The van der Waals surface area contributed by atoms with E-state index in [1.165, 1.54) is 17.5 Å². The maximum Gasteiger partial charge on any atom is 0.280 e. The maximum absolute atomic E-state index is 11.2. The van der Waals surface area contributed by atoms with E-state index in [1.54, 1.807) is 7.05 Å². The molecule has 11 heavy (non-hydrogen) atoms. The van der Waals surface area contributed by atoms with Gasteiger partial charge in [0.15, 0.2) is 0 Å². The van der Waals surface area contributed by atoms with Crippen molar-refractivity contribution in [2.24, 2.45) is 7.05 Å². The summed E-state index contributed by atoms with van der Waals surface area (Å²) in [5.41, 5.74) is 1.10. The van der Waals surface area contributed by atoms with Gasteiger partial charge in [0.1, 0.15) is 4.47 Å². The van der Waals surface area contributed by atoms with Crippen molar-refractivity contribution in [1.29, 1.82) is 0 Å². The number of H-pyrrole nitrogens is 1. The molecule has 1 aliphatic rings. The predicted octanol–water partition coefficient (Wildman–Crippen LogP) is 1.35. The third kappa shape index (κ3) is 1.05. The molecule has 0 unspecified atom stereocenters. The molecular weight excluding hydrogens is 208 g/mol. The molecule has 0 radical (unpaired) electrons. The molecule has 1 aromatic heterocycles. The number of nitrogens with zero attached hydrogens (tertiary/aromatic N) is 1. The Morgan fingerprint density at radius 1 is 1.64 bits per heavy atom. The highest BCUT2D eigenvalue weighted by Gasteiger charge is 2.28. The maximum atomic E-state index is 11.2. The van der Waals surface area contributed by atoms with Crippen LogP contribution in [0.15, 0.2) is 9.27 Å². The smallest absolute Gasteiger partial charge is 0.280 e. The molecular formula is C7H9BrN2O.